The van der Waals surface area contributed by atoms with Crippen molar-refractivity contribution in [1.82, 2.24) is 35.0 Å². The molecule has 0 saturated heterocycles. The van der Waals surface area contributed by atoms with Crippen molar-refractivity contribution in [2.45, 2.75) is 0 Å². The number of likely N-dealkylation sites (N-methyl/N-ethyl adjacent to an activating group) is 1. The molecule has 6 rings (SSSR count). The standard InChI is InChI=1S/C28H24FN7O/c1-36(2)11-12-37-20-14-18(13-19(29)15-20)26-21-16-25(32-23(21)7-10-31-26)28-27-24(34-35-28)4-3-22(33-27)17-5-8-30-9-6-17/h3-10,13-16,32H,11-12H2,1-2H3,(H,34,35). The molecule has 0 aliphatic heterocycles. The Morgan fingerprint density at radius 1 is 0.892 bits per heavy atom. The van der Waals surface area contributed by atoms with Crippen LogP contribution in [0.25, 0.3) is 55.8 Å². The highest BCUT2D eigenvalue weighted by Crippen LogP contribution is 2.34. The Balaban J connectivity index is 1.41. The number of rotatable bonds is 7. The van der Waals surface area contributed by atoms with E-state index in [1.54, 1.807) is 18.6 Å². The third-order valence-electron chi connectivity index (χ3n) is 6.14. The average molecular weight is 494 g/mol. The monoisotopic (exact) mass is 493 g/mol. The van der Waals surface area contributed by atoms with E-state index in [1.165, 1.54) is 12.1 Å². The molecule has 0 spiro atoms. The number of halogens is 1. The van der Waals surface area contributed by atoms with Crippen LogP contribution >= 0.6 is 0 Å². The van der Waals surface area contributed by atoms with Crippen LogP contribution in [-0.2, 0) is 0 Å². The lowest BCUT2D eigenvalue weighted by Crippen LogP contribution is -2.19. The van der Waals surface area contributed by atoms with Crippen LogP contribution in [0.15, 0.2) is 73.2 Å². The van der Waals surface area contributed by atoms with Crippen LogP contribution in [-0.4, -0.2) is 62.3 Å². The van der Waals surface area contributed by atoms with E-state index in [2.05, 4.69) is 25.1 Å². The zero-order valence-corrected chi connectivity index (χ0v) is 20.4. The summed E-state index contributed by atoms with van der Waals surface area (Å²) in [6, 6.07) is 16.3. The minimum atomic E-state index is -0.377. The van der Waals surface area contributed by atoms with Crippen molar-refractivity contribution in [2.24, 2.45) is 0 Å². The van der Waals surface area contributed by atoms with Crippen molar-refractivity contribution in [2.75, 3.05) is 27.2 Å². The minimum absolute atomic E-state index is 0.377. The predicted molar refractivity (Wildman–Crippen MR) is 142 cm³/mol. The molecule has 1 aromatic carbocycles. The number of pyridine rings is 3. The summed E-state index contributed by atoms with van der Waals surface area (Å²) >= 11 is 0. The van der Waals surface area contributed by atoms with Gasteiger partial charge >= 0.3 is 0 Å². The number of H-pyrrole nitrogens is 2. The van der Waals surface area contributed by atoms with Gasteiger partial charge in [0.1, 0.15) is 29.4 Å². The summed E-state index contributed by atoms with van der Waals surface area (Å²) in [5, 5.41) is 8.46. The molecule has 0 radical (unpaired) electrons. The molecule has 0 fully saturated rings. The maximum Gasteiger partial charge on any atom is 0.135 e. The van der Waals surface area contributed by atoms with Gasteiger partial charge in [-0.25, -0.2) is 9.37 Å². The average Bonchev–Trinajstić information content (AvgIpc) is 3.52. The summed E-state index contributed by atoms with van der Waals surface area (Å²) in [4.78, 5) is 19.0. The molecule has 0 saturated carbocycles. The Morgan fingerprint density at radius 2 is 1.76 bits per heavy atom. The largest absolute Gasteiger partial charge is 0.492 e. The van der Waals surface area contributed by atoms with Gasteiger partial charge in [0.05, 0.1) is 22.6 Å². The molecule has 0 aliphatic rings. The van der Waals surface area contributed by atoms with Gasteiger partial charge in [-0.3, -0.25) is 15.1 Å². The van der Waals surface area contributed by atoms with Crippen molar-refractivity contribution in [1.29, 1.82) is 0 Å². The van der Waals surface area contributed by atoms with Crippen LogP contribution in [0.3, 0.4) is 0 Å². The van der Waals surface area contributed by atoms with Gasteiger partial charge in [-0.2, -0.15) is 5.10 Å². The molecule has 8 nitrogen and oxygen atoms in total. The van der Waals surface area contributed by atoms with Gasteiger partial charge in [-0.1, -0.05) is 0 Å². The summed E-state index contributed by atoms with van der Waals surface area (Å²) in [6.07, 6.45) is 5.20. The molecular formula is C28H24FN7O. The third-order valence-corrected chi connectivity index (χ3v) is 6.14. The number of benzene rings is 1. The molecule has 37 heavy (non-hydrogen) atoms. The van der Waals surface area contributed by atoms with Crippen molar-refractivity contribution in [3.63, 3.8) is 0 Å². The summed E-state index contributed by atoms with van der Waals surface area (Å²) < 4.78 is 20.3. The van der Waals surface area contributed by atoms with Gasteiger partial charge in [-0.15, -0.1) is 0 Å². The van der Waals surface area contributed by atoms with Crippen molar-refractivity contribution in [3.8, 4) is 39.7 Å². The molecule has 0 atom stereocenters. The van der Waals surface area contributed by atoms with E-state index in [-0.39, 0.29) is 5.82 Å². The fourth-order valence-corrected chi connectivity index (χ4v) is 4.31. The second-order valence-electron chi connectivity index (χ2n) is 9.03. The van der Waals surface area contributed by atoms with E-state index >= 15 is 0 Å². The summed E-state index contributed by atoms with van der Waals surface area (Å²) in [5.74, 6) is 0.0931. The number of ether oxygens (including phenoxy) is 1. The molecule has 0 bridgehead atoms. The minimum Gasteiger partial charge on any atom is -0.492 e. The number of nitrogens with one attached hydrogen (secondary N) is 2. The molecule has 0 unspecified atom stereocenters. The van der Waals surface area contributed by atoms with E-state index in [9.17, 15) is 4.39 Å². The second-order valence-corrected chi connectivity index (χ2v) is 9.03. The number of hydrogen-bond donors (Lipinski definition) is 2. The Morgan fingerprint density at radius 3 is 2.59 bits per heavy atom. The lowest BCUT2D eigenvalue weighted by atomic mass is 10.1. The second kappa shape index (κ2) is 9.44. The molecule has 5 aromatic heterocycles. The maximum atomic E-state index is 14.5. The first-order valence-corrected chi connectivity index (χ1v) is 11.9. The predicted octanol–water partition coefficient (Wildman–Crippen LogP) is 5.31. The van der Waals surface area contributed by atoms with Crippen molar-refractivity contribution in [3.05, 3.63) is 79.0 Å². The smallest absolute Gasteiger partial charge is 0.135 e. The molecular weight excluding hydrogens is 469 g/mol. The summed E-state index contributed by atoms with van der Waals surface area (Å²) in [6.45, 7) is 1.19. The first-order valence-electron chi connectivity index (χ1n) is 11.9. The zero-order chi connectivity index (χ0) is 25.4. The molecule has 6 aromatic rings. The van der Waals surface area contributed by atoms with Crippen LogP contribution in [0.4, 0.5) is 4.39 Å². The SMILES string of the molecule is CN(C)CCOc1cc(F)cc(-c2nccc3[nH]c(-c4n[nH]c5ccc(-c6ccncc6)nc45)cc23)c1. The zero-order valence-electron chi connectivity index (χ0n) is 20.4. The lowest BCUT2D eigenvalue weighted by Gasteiger charge is -2.12. The molecule has 0 amide bonds. The van der Waals surface area contributed by atoms with E-state index < -0.39 is 0 Å². The van der Waals surface area contributed by atoms with Gasteiger partial charge in [0.2, 0.25) is 0 Å². The van der Waals surface area contributed by atoms with Gasteiger partial charge in [0, 0.05) is 53.2 Å². The van der Waals surface area contributed by atoms with Crippen LogP contribution in [0.2, 0.25) is 0 Å². The number of hydrogen-bond acceptors (Lipinski definition) is 6. The lowest BCUT2D eigenvalue weighted by molar-refractivity contribution is 0.260. The molecule has 184 valence electrons. The maximum absolute atomic E-state index is 14.5. The van der Waals surface area contributed by atoms with E-state index in [0.717, 1.165) is 45.4 Å². The van der Waals surface area contributed by atoms with Crippen molar-refractivity contribution < 1.29 is 9.13 Å². The molecule has 5 heterocycles. The van der Waals surface area contributed by atoms with Crippen LogP contribution < -0.4 is 4.74 Å². The quantitative estimate of drug-likeness (QED) is 0.313. The normalized spacial score (nSPS) is 11.6. The summed E-state index contributed by atoms with van der Waals surface area (Å²) in [7, 11) is 3.93. The van der Waals surface area contributed by atoms with Gasteiger partial charge in [0.25, 0.3) is 0 Å². The van der Waals surface area contributed by atoms with Crippen LogP contribution in [0.5, 0.6) is 5.75 Å². The first-order chi connectivity index (χ1) is 18.0. The highest BCUT2D eigenvalue weighted by Gasteiger charge is 2.17. The van der Waals surface area contributed by atoms with E-state index in [1.807, 2.05) is 61.5 Å². The number of aromatic amines is 2. The van der Waals surface area contributed by atoms with E-state index in [0.29, 0.717) is 29.3 Å². The van der Waals surface area contributed by atoms with Gasteiger partial charge in [0.15, 0.2) is 0 Å². The highest BCUT2D eigenvalue weighted by atomic mass is 19.1. The van der Waals surface area contributed by atoms with Crippen LogP contribution in [0.1, 0.15) is 0 Å². The van der Waals surface area contributed by atoms with Gasteiger partial charge < -0.3 is 14.6 Å². The Kier molecular flexibility index (Phi) is 5.82. The van der Waals surface area contributed by atoms with Crippen LogP contribution in [0, 0.1) is 5.82 Å². The third kappa shape index (κ3) is 4.52. The summed E-state index contributed by atoms with van der Waals surface area (Å²) in [5.41, 5.74) is 7.02. The first kappa shape index (κ1) is 22.8. The van der Waals surface area contributed by atoms with Crippen molar-refractivity contribution >= 4 is 21.9 Å². The van der Waals surface area contributed by atoms with E-state index in [4.69, 9.17) is 9.72 Å². The topological polar surface area (TPSA) is 95.6 Å². The fraction of sp³-hybridized carbons (Fsp3) is 0.143. The van der Waals surface area contributed by atoms with Gasteiger partial charge in [-0.05, 0) is 62.6 Å². The molecule has 9 heteroatoms. The molecule has 2 N–H and O–H groups in total. The number of nitrogens with zero attached hydrogens (tertiary/aromatic N) is 5. The Labute approximate surface area is 212 Å². The highest BCUT2D eigenvalue weighted by molar-refractivity contribution is 5.99. The Bertz CT molecular complexity index is 1710. The Hall–Kier alpha value is -4.63. The number of aromatic nitrogens is 6. The fourth-order valence-electron chi connectivity index (χ4n) is 4.31. The molecule has 0 aliphatic carbocycles. The number of fused-ring (bicyclic) bond motifs is 2.